The molecule has 0 atom stereocenters. The van der Waals surface area contributed by atoms with Crippen molar-refractivity contribution in [3.63, 3.8) is 0 Å². The Balaban J connectivity index is 1.54. The van der Waals surface area contributed by atoms with Gasteiger partial charge in [0.25, 0.3) is 0 Å². The van der Waals surface area contributed by atoms with Crippen LogP contribution in [0.3, 0.4) is 0 Å². The molecular weight excluding hydrogens is 326 g/mol. The molecule has 6 heteroatoms. The van der Waals surface area contributed by atoms with Crippen molar-refractivity contribution in [3.8, 4) is 0 Å². The Morgan fingerprint density at radius 2 is 1.85 bits per heavy atom. The number of aliphatic imine (C=N–C) groups is 1. The Labute approximate surface area is 155 Å². The van der Waals surface area contributed by atoms with E-state index in [1.807, 2.05) is 13.1 Å². The fourth-order valence-corrected chi connectivity index (χ4v) is 3.65. The first-order valence-corrected chi connectivity index (χ1v) is 9.20. The van der Waals surface area contributed by atoms with Crippen molar-refractivity contribution in [1.82, 2.24) is 20.3 Å². The van der Waals surface area contributed by atoms with E-state index in [9.17, 15) is 0 Å². The van der Waals surface area contributed by atoms with Gasteiger partial charge in [-0.2, -0.15) is 0 Å². The molecule has 2 heterocycles. The zero-order valence-electron chi connectivity index (χ0n) is 16.2. The van der Waals surface area contributed by atoms with Crippen LogP contribution >= 0.6 is 0 Å². The first-order valence-electron chi connectivity index (χ1n) is 9.20. The third kappa shape index (κ3) is 4.43. The second kappa shape index (κ2) is 8.36. The van der Waals surface area contributed by atoms with Crippen molar-refractivity contribution in [2.24, 2.45) is 4.99 Å². The summed E-state index contributed by atoms with van der Waals surface area (Å²) in [4.78, 5) is 9.22. The molecule has 0 bridgehead atoms. The van der Waals surface area contributed by atoms with Crippen molar-refractivity contribution in [3.05, 3.63) is 52.4 Å². The number of nitrogens with zero attached hydrogens (tertiary/aromatic N) is 4. The molecule has 1 aromatic carbocycles. The molecule has 2 aromatic rings. The lowest BCUT2D eigenvalue weighted by atomic mass is 10.00. The highest BCUT2D eigenvalue weighted by molar-refractivity contribution is 5.80. The molecule has 1 aliphatic rings. The van der Waals surface area contributed by atoms with Crippen LogP contribution in [0.2, 0.25) is 0 Å². The summed E-state index contributed by atoms with van der Waals surface area (Å²) in [6, 6.07) is 6.42. The van der Waals surface area contributed by atoms with E-state index >= 15 is 0 Å². The van der Waals surface area contributed by atoms with Crippen LogP contribution in [0, 0.1) is 20.8 Å². The average Bonchev–Trinajstić information content (AvgIpc) is 3.11. The predicted octanol–water partition coefficient (Wildman–Crippen LogP) is 2.49. The highest BCUT2D eigenvalue weighted by Crippen LogP contribution is 2.16. The third-order valence-corrected chi connectivity index (χ3v) is 5.02. The minimum absolute atomic E-state index is 0.809. The number of aromatic nitrogens is 1. The molecule has 1 saturated heterocycles. The second-order valence-corrected chi connectivity index (χ2v) is 7.03. The van der Waals surface area contributed by atoms with E-state index in [0.29, 0.717) is 0 Å². The Kier molecular flexibility index (Phi) is 5.93. The molecular formula is C20H29N5O. The lowest BCUT2D eigenvalue weighted by Gasteiger charge is -2.36. The zero-order valence-corrected chi connectivity index (χ0v) is 16.2. The third-order valence-electron chi connectivity index (χ3n) is 5.02. The van der Waals surface area contributed by atoms with Gasteiger partial charge < -0.3 is 14.7 Å². The molecule has 0 unspecified atom stereocenters. The minimum Gasteiger partial charge on any atom is -0.364 e. The normalized spacial score (nSPS) is 16.2. The van der Waals surface area contributed by atoms with Crippen LogP contribution < -0.4 is 5.32 Å². The molecule has 0 saturated carbocycles. The SMILES string of the molecule is CN=C(NCc1c(C)cc(C)cc1C)N1CCN(Cc2ccon2)CC1. The molecule has 1 fully saturated rings. The molecule has 1 aliphatic heterocycles. The smallest absolute Gasteiger partial charge is 0.194 e. The molecule has 6 nitrogen and oxygen atoms in total. The lowest BCUT2D eigenvalue weighted by molar-refractivity contribution is 0.169. The highest BCUT2D eigenvalue weighted by Gasteiger charge is 2.20. The highest BCUT2D eigenvalue weighted by atomic mass is 16.5. The minimum atomic E-state index is 0.809. The maximum absolute atomic E-state index is 4.92. The number of benzene rings is 1. The Morgan fingerprint density at radius 3 is 2.42 bits per heavy atom. The number of guanidine groups is 1. The second-order valence-electron chi connectivity index (χ2n) is 7.03. The quantitative estimate of drug-likeness (QED) is 0.675. The van der Waals surface area contributed by atoms with Gasteiger partial charge in [-0.1, -0.05) is 22.9 Å². The van der Waals surface area contributed by atoms with Gasteiger partial charge in [-0.15, -0.1) is 0 Å². The number of hydrogen-bond acceptors (Lipinski definition) is 4. The van der Waals surface area contributed by atoms with E-state index in [-0.39, 0.29) is 0 Å². The average molecular weight is 355 g/mol. The summed E-state index contributed by atoms with van der Waals surface area (Å²) < 4.78 is 4.92. The molecule has 140 valence electrons. The van der Waals surface area contributed by atoms with Crippen LogP contribution in [0.5, 0.6) is 0 Å². The van der Waals surface area contributed by atoms with E-state index in [2.05, 4.69) is 58.2 Å². The van der Waals surface area contributed by atoms with Gasteiger partial charge in [0, 0.05) is 52.4 Å². The largest absolute Gasteiger partial charge is 0.364 e. The van der Waals surface area contributed by atoms with E-state index in [4.69, 9.17) is 4.52 Å². The van der Waals surface area contributed by atoms with Crippen LogP contribution in [0.25, 0.3) is 0 Å². The summed E-state index contributed by atoms with van der Waals surface area (Å²) in [6.45, 7) is 12.1. The van der Waals surface area contributed by atoms with Crippen LogP contribution in [-0.4, -0.2) is 54.1 Å². The number of nitrogens with one attached hydrogen (secondary N) is 1. The molecule has 0 radical (unpaired) electrons. The van der Waals surface area contributed by atoms with Crippen molar-refractivity contribution in [2.45, 2.75) is 33.9 Å². The maximum Gasteiger partial charge on any atom is 0.194 e. The van der Waals surface area contributed by atoms with Crippen LogP contribution in [0.15, 0.2) is 34.0 Å². The summed E-state index contributed by atoms with van der Waals surface area (Å²) in [5, 5.41) is 7.55. The molecule has 1 aromatic heterocycles. The zero-order chi connectivity index (χ0) is 18.5. The summed E-state index contributed by atoms with van der Waals surface area (Å²) >= 11 is 0. The van der Waals surface area contributed by atoms with E-state index < -0.39 is 0 Å². The summed E-state index contributed by atoms with van der Waals surface area (Å²) in [6.07, 6.45) is 1.63. The van der Waals surface area contributed by atoms with Gasteiger partial charge >= 0.3 is 0 Å². The van der Waals surface area contributed by atoms with Crippen molar-refractivity contribution < 1.29 is 4.52 Å². The molecule has 1 N–H and O–H groups in total. The monoisotopic (exact) mass is 355 g/mol. The Bertz CT molecular complexity index is 723. The first-order chi connectivity index (χ1) is 12.6. The van der Waals surface area contributed by atoms with E-state index in [0.717, 1.165) is 50.9 Å². The number of rotatable bonds is 4. The maximum atomic E-state index is 4.92. The number of aryl methyl sites for hydroxylation is 3. The van der Waals surface area contributed by atoms with Gasteiger partial charge in [0.05, 0.1) is 5.69 Å². The molecule has 26 heavy (non-hydrogen) atoms. The Morgan fingerprint density at radius 1 is 1.15 bits per heavy atom. The van der Waals surface area contributed by atoms with Gasteiger partial charge in [-0.3, -0.25) is 9.89 Å². The van der Waals surface area contributed by atoms with Gasteiger partial charge in [-0.25, -0.2) is 0 Å². The van der Waals surface area contributed by atoms with Gasteiger partial charge in [-0.05, 0) is 37.5 Å². The van der Waals surface area contributed by atoms with Crippen LogP contribution in [0.1, 0.15) is 27.9 Å². The summed E-state index contributed by atoms with van der Waals surface area (Å²) in [7, 11) is 1.86. The molecule has 3 rings (SSSR count). The number of hydrogen-bond donors (Lipinski definition) is 1. The van der Waals surface area contributed by atoms with E-state index in [1.165, 1.54) is 22.3 Å². The molecule has 0 aliphatic carbocycles. The predicted molar refractivity (Wildman–Crippen MR) is 104 cm³/mol. The summed E-state index contributed by atoms with van der Waals surface area (Å²) in [5.74, 6) is 0.977. The Hall–Kier alpha value is -2.34. The van der Waals surface area contributed by atoms with Gasteiger partial charge in [0.1, 0.15) is 6.26 Å². The number of piperazine rings is 1. The topological polar surface area (TPSA) is 56.9 Å². The first kappa shape index (κ1) is 18.5. The summed E-state index contributed by atoms with van der Waals surface area (Å²) in [5.41, 5.74) is 6.34. The molecule has 0 spiro atoms. The lowest BCUT2D eigenvalue weighted by Crippen LogP contribution is -2.52. The fourth-order valence-electron chi connectivity index (χ4n) is 3.65. The standard InChI is InChI=1S/C20H29N5O/c1-15-11-16(2)19(17(3)12-15)13-22-20(21-4)25-8-6-24(7-9-25)14-18-5-10-26-23-18/h5,10-12H,6-9,13-14H2,1-4H3,(H,21,22). The van der Waals surface area contributed by atoms with Crippen molar-refractivity contribution >= 4 is 5.96 Å². The van der Waals surface area contributed by atoms with Crippen molar-refractivity contribution in [1.29, 1.82) is 0 Å². The van der Waals surface area contributed by atoms with Crippen LogP contribution in [-0.2, 0) is 13.1 Å². The fraction of sp³-hybridized carbons (Fsp3) is 0.500. The van der Waals surface area contributed by atoms with Gasteiger partial charge in [0.15, 0.2) is 5.96 Å². The molecule has 0 amide bonds. The van der Waals surface area contributed by atoms with Gasteiger partial charge in [0.2, 0.25) is 0 Å². The van der Waals surface area contributed by atoms with Crippen LogP contribution in [0.4, 0.5) is 0 Å². The van der Waals surface area contributed by atoms with E-state index in [1.54, 1.807) is 6.26 Å². The van der Waals surface area contributed by atoms with Crippen molar-refractivity contribution in [2.75, 3.05) is 33.2 Å².